The van der Waals surface area contributed by atoms with Crippen molar-refractivity contribution in [2.24, 2.45) is 0 Å². The van der Waals surface area contributed by atoms with Gasteiger partial charge in [-0.1, -0.05) is 12.1 Å². The lowest BCUT2D eigenvalue weighted by atomic mass is 10.3. The van der Waals surface area contributed by atoms with Crippen molar-refractivity contribution in [2.45, 2.75) is 6.42 Å². The Morgan fingerprint density at radius 3 is 2.95 bits per heavy atom. The Hall–Kier alpha value is -1.50. The Kier molecular flexibility index (Phi) is 4.80. The Balaban J connectivity index is 1.43. The van der Waals surface area contributed by atoms with Gasteiger partial charge in [0, 0.05) is 39.1 Å². The van der Waals surface area contributed by atoms with Gasteiger partial charge in [-0.3, -0.25) is 9.69 Å². The second kappa shape index (κ2) is 6.98. The molecule has 21 heavy (non-hydrogen) atoms. The molecule has 1 aromatic carbocycles. The maximum Gasteiger partial charge on any atom is 0.234 e. The first kappa shape index (κ1) is 14.4. The van der Waals surface area contributed by atoms with Gasteiger partial charge in [-0.15, -0.1) is 11.3 Å². The third-order valence-electron chi connectivity index (χ3n) is 3.58. The van der Waals surface area contributed by atoms with Crippen molar-refractivity contribution in [2.75, 3.05) is 39.3 Å². The van der Waals surface area contributed by atoms with Crippen LogP contribution >= 0.6 is 11.3 Å². The predicted molar refractivity (Wildman–Crippen MR) is 85.6 cm³/mol. The third kappa shape index (κ3) is 4.00. The molecule has 2 N–H and O–H groups in total. The van der Waals surface area contributed by atoms with Crippen LogP contribution in [0.5, 0.6) is 0 Å². The minimum atomic E-state index is 0.109. The first-order chi connectivity index (χ1) is 10.3. The molecule has 0 atom stereocenters. The molecule has 1 aliphatic rings. The molecule has 112 valence electrons. The van der Waals surface area contributed by atoms with Crippen LogP contribution in [0.2, 0.25) is 0 Å². The van der Waals surface area contributed by atoms with Crippen molar-refractivity contribution in [3.05, 3.63) is 29.3 Å². The summed E-state index contributed by atoms with van der Waals surface area (Å²) in [6, 6.07) is 8.14. The average molecular weight is 304 g/mol. The number of nitrogens with zero attached hydrogens (tertiary/aromatic N) is 2. The number of fused-ring (bicyclic) bond motifs is 1. The topological polar surface area (TPSA) is 57.3 Å². The molecule has 0 radical (unpaired) electrons. The number of nitrogens with one attached hydrogen (secondary N) is 2. The van der Waals surface area contributed by atoms with Crippen LogP contribution in [-0.2, 0) is 11.2 Å². The summed E-state index contributed by atoms with van der Waals surface area (Å²) >= 11 is 1.70. The molecule has 0 unspecified atom stereocenters. The highest BCUT2D eigenvalue weighted by atomic mass is 32.1. The normalized spacial score (nSPS) is 16.2. The molecule has 1 fully saturated rings. The lowest BCUT2D eigenvalue weighted by Crippen LogP contribution is -2.47. The number of para-hydroxylation sites is 1. The van der Waals surface area contributed by atoms with Gasteiger partial charge in [-0.25, -0.2) is 4.98 Å². The summed E-state index contributed by atoms with van der Waals surface area (Å²) in [4.78, 5) is 18.6. The van der Waals surface area contributed by atoms with Gasteiger partial charge in [0.05, 0.1) is 21.8 Å². The lowest BCUT2D eigenvalue weighted by molar-refractivity contribution is -0.122. The van der Waals surface area contributed by atoms with Gasteiger partial charge in [-0.2, -0.15) is 0 Å². The first-order valence-corrected chi connectivity index (χ1v) is 8.17. The SMILES string of the molecule is O=C(CN1CCNCC1)NCCc1nc2ccccc2s1. The summed E-state index contributed by atoms with van der Waals surface area (Å²) in [7, 11) is 0. The monoisotopic (exact) mass is 304 g/mol. The maximum atomic E-state index is 11.9. The van der Waals surface area contributed by atoms with Crippen LogP contribution in [0, 0.1) is 0 Å². The Morgan fingerprint density at radius 1 is 1.33 bits per heavy atom. The number of carbonyl (C=O) groups excluding carboxylic acids is 1. The fraction of sp³-hybridized carbons (Fsp3) is 0.467. The van der Waals surface area contributed by atoms with Crippen LogP contribution in [0.25, 0.3) is 10.2 Å². The van der Waals surface area contributed by atoms with Gasteiger partial charge < -0.3 is 10.6 Å². The number of thiazole rings is 1. The molecule has 1 aliphatic heterocycles. The minimum Gasteiger partial charge on any atom is -0.355 e. The van der Waals surface area contributed by atoms with Crippen LogP contribution in [0.4, 0.5) is 0 Å². The number of aromatic nitrogens is 1. The molecule has 0 spiro atoms. The van der Waals surface area contributed by atoms with Crippen LogP contribution in [-0.4, -0.2) is 55.1 Å². The predicted octanol–water partition coefficient (Wildman–Crippen LogP) is 0.860. The molecule has 6 heteroatoms. The highest BCUT2D eigenvalue weighted by Crippen LogP contribution is 2.21. The molecule has 1 amide bonds. The number of benzene rings is 1. The third-order valence-corrected chi connectivity index (χ3v) is 4.67. The Bertz CT molecular complexity index is 573. The zero-order valence-electron chi connectivity index (χ0n) is 12.0. The van der Waals surface area contributed by atoms with Gasteiger partial charge in [0.1, 0.15) is 0 Å². The molecule has 5 nitrogen and oxygen atoms in total. The van der Waals surface area contributed by atoms with Crippen molar-refractivity contribution in [3.63, 3.8) is 0 Å². The molecule has 2 aromatic rings. The van der Waals surface area contributed by atoms with E-state index in [-0.39, 0.29) is 5.91 Å². The van der Waals surface area contributed by atoms with Crippen molar-refractivity contribution in [3.8, 4) is 0 Å². The fourth-order valence-corrected chi connectivity index (χ4v) is 3.43. The summed E-state index contributed by atoms with van der Waals surface area (Å²) in [5, 5.41) is 7.36. The van der Waals surface area contributed by atoms with Crippen molar-refractivity contribution in [1.29, 1.82) is 0 Å². The number of carbonyl (C=O) groups is 1. The summed E-state index contributed by atoms with van der Waals surface area (Å²) in [5.74, 6) is 0.109. The Labute approximate surface area is 128 Å². The number of amides is 1. The van der Waals surface area contributed by atoms with E-state index < -0.39 is 0 Å². The maximum absolute atomic E-state index is 11.9. The molecule has 0 bridgehead atoms. The van der Waals surface area contributed by atoms with Gasteiger partial charge in [0.2, 0.25) is 5.91 Å². The van der Waals surface area contributed by atoms with E-state index in [1.807, 2.05) is 18.2 Å². The van der Waals surface area contributed by atoms with E-state index in [2.05, 4.69) is 26.6 Å². The van der Waals surface area contributed by atoms with Crippen LogP contribution in [0.3, 0.4) is 0 Å². The molecule has 0 aliphatic carbocycles. The van der Waals surface area contributed by atoms with E-state index in [0.29, 0.717) is 13.1 Å². The van der Waals surface area contributed by atoms with Crippen molar-refractivity contribution in [1.82, 2.24) is 20.5 Å². The summed E-state index contributed by atoms with van der Waals surface area (Å²) in [5.41, 5.74) is 1.05. The zero-order valence-corrected chi connectivity index (χ0v) is 12.8. The van der Waals surface area contributed by atoms with Crippen LogP contribution < -0.4 is 10.6 Å². The number of hydrogen-bond donors (Lipinski definition) is 2. The van der Waals surface area contributed by atoms with Gasteiger partial charge in [0.15, 0.2) is 0 Å². The molecule has 0 saturated carbocycles. The summed E-state index contributed by atoms with van der Waals surface area (Å²) in [6.45, 7) is 5.00. The Morgan fingerprint density at radius 2 is 2.14 bits per heavy atom. The van der Waals surface area contributed by atoms with E-state index in [1.54, 1.807) is 11.3 Å². The highest BCUT2D eigenvalue weighted by Gasteiger charge is 2.13. The molecule has 2 heterocycles. The molecule has 3 rings (SSSR count). The summed E-state index contributed by atoms with van der Waals surface area (Å²) < 4.78 is 1.21. The van der Waals surface area contributed by atoms with E-state index in [4.69, 9.17) is 0 Å². The second-order valence-corrected chi connectivity index (χ2v) is 6.32. The standard InChI is InChI=1S/C15H20N4OS/c20-14(11-19-9-7-16-8-10-19)17-6-5-15-18-12-3-1-2-4-13(12)21-15/h1-4,16H,5-11H2,(H,17,20). The van der Waals surface area contributed by atoms with Gasteiger partial charge in [0.25, 0.3) is 0 Å². The number of rotatable bonds is 5. The average Bonchev–Trinajstić information content (AvgIpc) is 2.91. The van der Waals surface area contributed by atoms with Crippen LogP contribution in [0.1, 0.15) is 5.01 Å². The van der Waals surface area contributed by atoms with Crippen LogP contribution in [0.15, 0.2) is 24.3 Å². The van der Waals surface area contributed by atoms with E-state index >= 15 is 0 Å². The smallest absolute Gasteiger partial charge is 0.234 e. The molecular formula is C15H20N4OS. The van der Waals surface area contributed by atoms with E-state index in [0.717, 1.165) is 43.1 Å². The quantitative estimate of drug-likeness (QED) is 0.860. The zero-order chi connectivity index (χ0) is 14.5. The summed E-state index contributed by atoms with van der Waals surface area (Å²) in [6.07, 6.45) is 0.798. The molecule has 1 aromatic heterocycles. The molecule has 1 saturated heterocycles. The van der Waals surface area contributed by atoms with Gasteiger partial charge in [-0.05, 0) is 12.1 Å². The number of piperazine rings is 1. The molecular weight excluding hydrogens is 284 g/mol. The first-order valence-electron chi connectivity index (χ1n) is 7.35. The lowest BCUT2D eigenvalue weighted by Gasteiger charge is -2.26. The van der Waals surface area contributed by atoms with Gasteiger partial charge >= 0.3 is 0 Å². The van der Waals surface area contributed by atoms with E-state index in [9.17, 15) is 4.79 Å². The highest BCUT2D eigenvalue weighted by molar-refractivity contribution is 7.18. The fourth-order valence-electron chi connectivity index (χ4n) is 2.46. The number of hydrogen-bond acceptors (Lipinski definition) is 5. The second-order valence-electron chi connectivity index (χ2n) is 5.20. The minimum absolute atomic E-state index is 0.109. The largest absolute Gasteiger partial charge is 0.355 e. The van der Waals surface area contributed by atoms with Crippen molar-refractivity contribution >= 4 is 27.5 Å². The van der Waals surface area contributed by atoms with E-state index in [1.165, 1.54) is 4.70 Å². The van der Waals surface area contributed by atoms with Crippen molar-refractivity contribution < 1.29 is 4.79 Å².